The van der Waals surface area contributed by atoms with E-state index in [4.69, 9.17) is 5.73 Å². The van der Waals surface area contributed by atoms with Crippen LogP contribution in [0, 0.1) is 5.92 Å². The predicted molar refractivity (Wildman–Crippen MR) is 72.9 cm³/mol. The summed E-state index contributed by atoms with van der Waals surface area (Å²) < 4.78 is 0.862. The van der Waals surface area contributed by atoms with Gasteiger partial charge in [-0.2, -0.15) is 0 Å². The minimum absolute atomic E-state index is 0.121. The molecule has 1 atom stereocenters. The molecule has 0 saturated heterocycles. The molecule has 0 aliphatic heterocycles. The highest BCUT2D eigenvalue weighted by atomic mass is 79.9. The van der Waals surface area contributed by atoms with Gasteiger partial charge in [-0.3, -0.25) is 4.79 Å². The minimum atomic E-state index is -0.358. The van der Waals surface area contributed by atoms with Crippen molar-refractivity contribution in [2.24, 2.45) is 11.7 Å². The van der Waals surface area contributed by atoms with Gasteiger partial charge in [0.1, 0.15) is 5.69 Å². The summed E-state index contributed by atoms with van der Waals surface area (Å²) in [5.41, 5.74) is 5.94. The average Bonchev–Trinajstić information content (AvgIpc) is 2.63. The summed E-state index contributed by atoms with van der Waals surface area (Å²) in [6.07, 6.45) is 2.59. The van der Waals surface area contributed by atoms with Crippen LogP contribution in [0.5, 0.6) is 0 Å². The number of hydrogen-bond acceptors (Lipinski definition) is 2. The fourth-order valence-electron chi connectivity index (χ4n) is 1.93. The summed E-state index contributed by atoms with van der Waals surface area (Å²) in [4.78, 5) is 14.9. The SMILES string of the molecule is CC(C)CC(C)(CN)NC(=O)c1cc(Br)c[nH]1. The number of hydrogen-bond donors (Lipinski definition) is 3. The first-order chi connectivity index (χ1) is 7.86. The molecule has 0 bridgehead atoms. The van der Waals surface area contributed by atoms with E-state index in [1.165, 1.54) is 0 Å². The van der Waals surface area contributed by atoms with Crippen molar-refractivity contribution in [2.75, 3.05) is 6.54 Å². The molecule has 0 spiro atoms. The van der Waals surface area contributed by atoms with Crippen molar-refractivity contribution in [1.82, 2.24) is 10.3 Å². The van der Waals surface area contributed by atoms with Gasteiger partial charge in [-0.05, 0) is 41.3 Å². The molecule has 0 aliphatic carbocycles. The fourth-order valence-corrected chi connectivity index (χ4v) is 2.27. The summed E-state index contributed by atoms with van der Waals surface area (Å²) in [6.45, 7) is 6.64. The van der Waals surface area contributed by atoms with E-state index >= 15 is 0 Å². The lowest BCUT2D eigenvalue weighted by molar-refractivity contribution is 0.0893. The Morgan fingerprint density at radius 2 is 2.29 bits per heavy atom. The normalized spacial score (nSPS) is 14.7. The molecule has 1 unspecified atom stereocenters. The standard InChI is InChI=1S/C12H20BrN3O/c1-8(2)5-12(3,7-14)16-11(17)10-4-9(13)6-15-10/h4,6,8,15H,5,7,14H2,1-3H3,(H,16,17). The number of H-pyrrole nitrogens is 1. The van der Waals surface area contributed by atoms with E-state index in [2.05, 4.69) is 40.1 Å². The molecular weight excluding hydrogens is 282 g/mol. The molecule has 5 heteroatoms. The predicted octanol–water partition coefficient (Wildman–Crippen LogP) is 2.27. The van der Waals surface area contributed by atoms with Crippen molar-refractivity contribution in [3.8, 4) is 0 Å². The smallest absolute Gasteiger partial charge is 0.268 e. The van der Waals surface area contributed by atoms with Gasteiger partial charge < -0.3 is 16.0 Å². The van der Waals surface area contributed by atoms with E-state index in [1.54, 1.807) is 12.3 Å². The molecule has 1 aromatic heterocycles. The van der Waals surface area contributed by atoms with Crippen LogP contribution in [0.3, 0.4) is 0 Å². The lowest BCUT2D eigenvalue weighted by atomic mass is 9.90. The molecule has 17 heavy (non-hydrogen) atoms. The van der Waals surface area contributed by atoms with E-state index in [0.29, 0.717) is 18.2 Å². The number of aromatic nitrogens is 1. The van der Waals surface area contributed by atoms with Crippen LogP contribution in [0.25, 0.3) is 0 Å². The molecule has 1 heterocycles. The highest BCUT2D eigenvalue weighted by molar-refractivity contribution is 9.10. The number of nitrogens with one attached hydrogen (secondary N) is 2. The molecule has 0 aliphatic rings. The van der Waals surface area contributed by atoms with Gasteiger partial charge in [-0.15, -0.1) is 0 Å². The van der Waals surface area contributed by atoms with E-state index < -0.39 is 0 Å². The first-order valence-corrected chi connectivity index (χ1v) is 6.52. The van der Waals surface area contributed by atoms with Crippen LogP contribution < -0.4 is 11.1 Å². The van der Waals surface area contributed by atoms with Gasteiger partial charge in [0.25, 0.3) is 5.91 Å². The molecule has 0 radical (unpaired) electrons. The maximum Gasteiger partial charge on any atom is 0.268 e. The van der Waals surface area contributed by atoms with Gasteiger partial charge in [0.2, 0.25) is 0 Å². The van der Waals surface area contributed by atoms with Crippen molar-refractivity contribution in [2.45, 2.75) is 32.7 Å². The van der Waals surface area contributed by atoms with Crippen molar-refractivity contribution in [1.29, 1.82) is 0 Å². The van der Waals surface area contributed by atoms with Gasteiger partial charge >= 0.3 is 0 Å². The Labute approximate surface area is 110 Å². The van der Waals surface area contributed by atoms with Crippen LogP contribution in [-0.2, 0) is 0 Å². The maximum absolute atomic E-state index is 12.0. The number of carbonyl (C=O) groups is 1. The Morgan fingerprint density at radius 3 is 2.71 bits per heavy atom. The van der Waals surface area contributed by atoms with Crippen molar-refractivity contribution in [3.05, 3.63) is 22.4 Å². The number of carbonyl (C=O) groups excluding carboxylic acids is 1. The van der Waals surface area contributed by atoms with Gasteiger partial charge in [-0.1, -0.05) is 13.8 Å². The lowest BCUT2D eigenvalue weighted by Crippen LogP contribution is -2.52. The van der Waals surface area contributed by atoms with Crippen LogP contribution >= 0.6 is 15.9 Å². The van der Waals surface area contributed by atoms with Crippen molar-refractivity contribution >= 4 is 21.8 Å². The minimum Gasteiger partial charge on any atom is -0.356 e. The van der Waals surface area contributed by atoms with Crippen LogP contribution in [-0.4, -0.2) is 23.0 Å². The fraction of sp³-hybridized carbons (Fsp3) is 0.583. The topological polar surface area (TPSA) is 70.9 Å². The van der Waals surface area contributed by atoms with E-state index in [9.17, 15) is 4.79 Å². The largest absolute Gasteiger partial charge is 0.356 e. The Balaban J connectivity index is 2.71. The van der Waals surface area contributed by atoms with E-state index in [-0.39, 0.29) is 11.4 Å². The maximum atomic E-state index is 12.0. The molecule has 0 fully saturated rings. The van der Waals surface area contributed by atoms with Crippen LogP contribution in [0.15, 0.2) is 16.7 Å². The zero-order chi connectivity index (χ0) is 13.1. The molecule has 1 amide bonds. The van der Waals surface area contributed by atoms with Gasteiger partial charge in [0, 0.05) is 17.2 Å². The number of amides is 1. The van der Waals surface area contributed by atoms with Crippen LogP contribution in [0.1, 0.15) is 37.7 Å². The monoisotopic (exact) mass is 301 g/mol. The van der Waals surface area contributed by atoms with E-state index in [1.807, 2.05) is 6.92 Å². The van der Waals surface area contributed by atoms with E-state index in [0.717, 1.165) is 10.9 Å². The Hall–Kier alpha value is -0.810. The number of nitrogens with two attached hydrogens (primary N) is 1. The number of rotatable bonds is 5. The zero-order valence-corrected chi connectivity index (χ0v) is 12.1. The first-order valence-electron chi connectivity index (χ1n) is 5.73. The third-order valence-electron chi connectivity index (χ3n) is 2.62. The number of aromatic amines is 1. The second-order valence-electron chi connectivity index (χ2n) is 5.05. The average molecular weight is 302 g/mol. The van der Waals surface area contributed by atoms with Gasteiger partial charge in [-0.25, -0.2) is 0 Å². The second-order valence-corrected chi connectivity index (χ2v) is 5.96. The molecule has 4 N–H and O–H groups in total. The Morgan fingerprint density at radius 1 is 1.65 bits per heavy atom. The molecule has 0 aromatic carbocycles. The molecule has 4 nitrogen and oxygen atoms in total. The highest BCUT2D eigenvalue weighted by Gasteiger charge is 2.26. The highest BCUT2D eigenvalue weighted by Crippen LogP contribution is 2.17. The quantitative estimate of drug-likeness (QED) is 0.781. The second kappa shape index (κ2) is 5.69. The van der Waals surface area contributed by atoms with Gasteiger partial charge in [0.15, 0.2) is 0 Å². The summed E-state index contributed by atoms with van der Waals surface area (Å²) >= 11 is 3.30. The third-order valence-corrected chi connectivity index (χ3v) is 3.07. The molecule has 96 valence electrons. The van der Waals surface area contributed by atoms with Crippen molar-refractivity contribution in [3.63, 3.8) is 0 Å². The summed E-state index contributed by atoms with van der Waals surface area (Å²) in [5.74, 6) is 0.364. The summed E-state index contributed by atoms with van der Waals surface area (Å²) in [6, 6.07) is 1.75. The molecule has 0 saturated carbocycles. The molecular formula is C12H20BrN3O. The number of halogens is 1. The van der Waals surface area contributed by atoms with Crippen LogP contribution in [0.4, 0.5) is 0 Å². The Bertz CT molecular complexity index is 389. The van der Waals surface area contributed by atoms with Gasteiger partial charge in [0.05, 0.1) is 5.54 Å². The lowest BCUT2D eigenvalue weighted by Gasteiger charge is -2.31. The van der Waals surface area contributed by atoms with Crippen molar-refractivity contribution < 1.29 is 4.79 Å². The summed E-state index contributed by atoms with van der Waals surface area (Å²) in [7, 11) is 0. The third kappa shape index (κ3) is 4.16. The zero-order valence-electron chi connectivity index (χ0n) is 10.5. The van der Waals surface area contributed by atoms with Crippen LogP contribution in [0.2, 0.25) is 0 Å². The Kier molecular flexibility index (Phi) is 4.77. The summed E-state index contributed by atoms with van der Waals surface area (Å²) in [5, 5.41) is 2.99. The first kappa shape index (κ1) is 14.3. The molecule has 1 rings (SSSR count). The molecule has 1 aromatic rings.